The fourth-order valence-corrected chi connectivity index (χ4v) is 1.40. The van der Waals surface area contributed by atoms with Crippen molar-refractivity contribution in [1.82, 2.24) is 5.32 Å². The zero-order chi connectivity index (χ0) is 9.36. The lowest BCUT2D eigenvalue weighted by Gasteiger charge is -2.22. The summed E-state index contributed by atoms with van der Waals surface area (Å²) in [6.45, 7) is 7.74. The van der Waals surface area contributed by atoms with E-state index in [1.165, 1.54) is 0 Å². The maximum Gasteiger partial charge on any atom is 0.0704 e. The molecule has 1 fully saturated rings. The number of nitrogens with one attached hydrogen (secondary N) is 1. The number of piperidine rings is 1. The largest absolute Gasteiger partial charge is 0.376 e. The Morgan fingerprint density at radius 1 is 1.29 bits per heavy atom. The van der Waals surface area contributed by atoms with Crippen molar-refractivity contribution in [2.75, 3.05) is 32.9 Å². The topological polar surface area (TPSA) is 30.5 Å². The number of halogens is 1. The third kappa shape index (κ3) is 6.38. The van der Waals surface area contributed by atoms with Crippen LogP contribution in [0, 0.1) is 0 Å². The highest BCUT2D eigenvalue weighted by atomic mass is 35.5. The van der Waals surface area contributed by atoms with E-state index < -0.39 is 0 Å². The summed E-state index contributed by atoms with van der Waals surface area (Å²) < 4.78 is 10.8. The molecule has 0 amide bonds. The average Bonchev–Trinajstić information content (AvgIpc) is 2.19. The molecule has 84 valence electrons. The summed E-state index contributed by atoms with van der Waals surface area (Å²) >= 11 is 0. The van der Waals surface area contributed by atoms with Crippen molar-refractivity contribution in [3.05, 3.63) is 12.7 Å². The van der Waals surface area contributed by atoms with Crippen molar-refractivity contribution >= 4 is 12.4 Å². The maximum absolute atomic E-state index is 5.63. The fraction of sp³-hybridized carbons (Fsp3) is 0.800. The van der Waals surface area contributed by atoms with Crippen molar-refractivity contribution in [1.29, 1.82) is 0 Å². The van der Waals surface area contributed by atoms with Gasteiger partial charge >= 0.3 is 0 Å². The molecule has 14 heavy (non-hydrogen) atoms. The van der Waals surface area contributed by atoms with Crippen molar-refractivity contribution in [3.63, 3.8) is 0 Å². The predicted octanol–water partition coefficient (Wildman–Crippen LogP) is 1.38. The normalized spacial score (nSPS) is 17.4. The van der Waals surface area contributed by atoms with E-state index in [1.54, 1.807) is 6.08 Å². The van der Waals surface area contributed by atoms with Crippen molar-refractivity contribution in [3.8, 4) is 0 Å². The molecule has 4 heteroatoms. The van der Waals surface area contributed by atoms with Gasteiger partial charge in [0.05, 0.1) is 25.9 Å². The monoisotopic (exact) mass is 221 g/mol. The van der Waals surface area contributed by atoms with Gasteiger partial charge in [0.25, 0.3) is 0 Å². The van der Waals surface area contributed by atoms with Crippen molar-refractivity contribution in [2.24, 2.45) is 0 Å². The zero-order valence-electron chi connectivity index (χ0n) is 8.54. The van der Waals surface area contributed by atoms with E-state index >= 15 is 0 Å². The van der Waals surface area contributed by atoms with Crippen LogP contribution in [-0.4, -0.2) is 39.0 Å². The third-order valence-corrected chi connectivity index (χ3v) is 2.10. The molecule has 1 aliphatic rings. The van der Waals surface area contributed by atoms with Gasteiger partial charge in [0.1, 0.15) is 0 Å². The van der Waals surface area contributed by atoms with Crippen molar-refractivity contribution in [2.45, 2.75) is 18.9 Å². The van der Waals surface area contributed by atoms with Gasteiger partial charge < -0.3 is 14.8 Å². The van der Waals surface area contributed by atoms with E-state index in [2.05, 4.69) is 11.9 Å². The van der Waals surface area contributed by atoms with Crippen LogP contribution in [0.3, 0.4) is 0 Å². The van der Waals surface area contributed by atoms with Crippen LogP contribution < -0.4 is 5.32 Å². The van der Waals surface area contributed by atoms with E-state index in [-0.39, 0.29) is 12.4 Å². The Labute approximate surface area is 92.3 Å². The molecule has 0 aromatic heterocycles. The molecule has 1 aliphatic heterocycles. The van der Waals surface area contributed by atoms with Gasteiger partial charge in [-0.1, -0.05) is 6.08 Å². The zero-order valence-corrected chi connectivity index (χ0v) is 9.35. The first-order chi connectivity index (χ1) is 6.43. The Bertz CT molecular complexity index is 138. The molecule has 1 rings (SSSR count). The van der Waals surface area contributed by atoms with Gasteiger partial charge in [0, 0.05) is 0 Å². The number of rotatable bonds is 6. The summed E-state index contributed by atoms with van der Waals surface area (Å²) in [5, 5.41) is 3.30. The molecule has 0 unspecified atom stereocenters. The molecule has 1 N–H and O–H groups in total. The van der Waals surface area contributed by atoms with Crippen LogP contribution in [0.25, 0.3) is 0 Å². The summed E-state index contributed by atoms with van der Waals surface area (Å²) in [6, 6.07) is 0. The number of hydrogen-bond donors (Lipinski definition) is 1. The van der Waals surface area contributed by atoms with Crippen LogP contribution in [0.5, 0.6) is 0 Å². The predicted molar refractivity (Wildman–Crippen MR) is 60.1 cm³/mol. The molecule has 0 spiro atoms. The number of hydrogen-bond acceptors (Lipinski definition) is 3. The fourth-order valence-electron chi connectivity index (χ4n) is 1.40. The molecular formula is C10H20ClNO2. The Balaban J connectivity index is 0.00000169. The minimum absolute atomic E-state index is 0. The first-order valence-electron chi connectivity index (χ1n) is 4.94. The Kier molecular flexibility index (Phi) is 9.40. The summed E-state index contributed by atoms with van der Waals surface area (Å²) in [4.78, 5) is 0. The second-order valence-electron chi connectivity index (χ2n) is 3.18. The van der Waals surface area contributed by atoms with E-state index in [1.807, 2.05) is 0 Å². The Morgan fingerprint density at radius 3 is 2.64 bits per heavy atom. The summed E-state index contributed by atoms with van der Waals surface area (Å²) in [5.41, 5.74) is 0. The average molecular weight is 222 g/mol. The van der Waals surface area contributed by atoms with Crippen LogP contribution >= 0.6 is 12.4 Å². The Hall–Kier alpha value is -0.0900. The van der Waals surface area contributed by atoms with Gasteiger partial charge in [-0.05, 0) is 25.9 Å². The van der Waals surface area contributed by atoms with Gasteiger partial charge in [-0.25, -0.2) is 0 Å². The molecule has 0 aromatic carbocycles. The lowest BCUT2D eigenvalue weighted by atomic mass is 10.1. The Morgan fingerprint density at radius 2 is 2.00 bits per heavy atom. The minimum atomic E-state index is 0. The quantitative estimate of drug-likeness (QED) is 0.543. The van der Waals surface area contributed by atoms with Crippen LogP contribution in [-0.2, 0) is 9.47 Å². The van der Waals surface area contributed by atoms with Crippen LogP contribution in [0.1, 0.15) is 12.8 Å². The van der Waals surface area contributed by atoms with Crippen LogP contribution in [0.2, 0.25) is 0 Å². The first-order valence-corrected chi connectivity index (χ1v) is 4.94. The second-order valence-corrected chi connectivity index (χ2v) is 3.18. The molecule has 0 radical (unpaired) electrons. The minimum Gasteiger partial charge on any atom is -0.376 e. The van der Waals surface area contributed by atoms with Gasteiger partial charge in [-0.2, -0.15) is 0 Å². The highest BCUT2D eigenvalue weighted by molar-refractivity contribution is 5.85. The van der Waals surface area contributed by atoms with E-state index in [0.717, 1.165) is 25.9 Å². The van der Waals surface area contributed by atoms with Gasteiger partial charge in [-0.3, -0.25) is 0 Å². The smallest absolute Gasteiger partial charge is 0.0704 e. The third-order valence-electron chi connectivity index (χ3n) is 2.10. The highest BCUT2D eigenvalue weighted by Gasteiger charge is 2.12. The molecule has 0 aliphatic carbocycles. The molecular weight excluding hydrogens is 202 g/mol. The summed E-state index contributed by atoms with van der Waals surface area (Å²) in [6.07, 6.45) is 4.45. The molecule has 0 aromatic rings. The molecule has 0 atom stereocenters. The van der Waals surface area contributed by atoms with E-state index in [0.29, 0.717) is 25.9 Å². The lowest BCUT2D eigenvalue weighted by Crippen LogP contribution is -2.33. The molecule has 0 saturated carbocycles. The van der Waals surface area contributed by atoms with Crippen molar-refractivity contribution < 1.29 is 9.47 Å². The SMILES string of the molecule is C=CCOCCOC1CCNCC1.Cl. The highest BCUT2D eigenvalue weighted by Crippen LogP contribution is 2.06. The van der Waals surface area contributed by atoms with E-state index in [9.17, 15) is 0 Å². The summed E-state index contributed by atoms with van der Waals surface area (Å²) in [5.74, 6) is 0. The van der Waals surface area contributed by atoms with Gasteiger partial charge in [-0.15, -0.1) is 19.0 Å². The number of ether oxygens (including phenoxy) is 2. The second kappa shape index (κ2) is 9.46. The standard InChI is InChI=1S/C10H19NO2.ClH/c1-2-7-12-8-9-13-10-3-5-11-6-4-10;/h2,10-11H,1,3-9H2;1H. The van der Waals surface area contributed by atoms with Crippen LogP contribution in [0.4, 0.5) is 0 Å². The van der Waals surface area contributed by atoms with Gasteiger partial charge in [0.2, 0.25) is 0 Å². The first kappa shape index (κ1) is 13.9. The molecule has 1 saturated heterocycles. The molecule has 3 nitrogen and oxygen atoms in total. The maximum atomic E-state index is 5.63. The van der Waals surface area contributed by atoms with E-state index in [4.69, 9.17) is 9.47 Å². The lowest BCUT2D eigenvalue weighted by molar-refractivity contribution is -0.00230. The van der Waals surface area contributed by atoms with Gasteiger partial charge in [0.15, 0.2) is 0 Å². The molecule has 1 heterocycles. The summed E-state index contributed by atoms with van der Waals surface area (Å²) in [7, 11) is 0. The molecule has 0 bridgehead atoms. The van der Waals surface area contributed by atoms with Crippen LogP contribution in [0.15, 0.2) is 12.7 Å².